The maximum atomic E-state index is 3.79. The Balaban J connectivity index is 2.13. The minimum Gasteiger partial charge on any atom is -0.310 e. The first kappa shape index (κ1) is 15.1. The first-order chi connectivity index (χ1) is 9.31. The van der Waals surface area contributed by atoms with Crippen molar-refractivity contribution in [2.24, 2.45) is 5.92 Å². The predicted molar refractivity (Wildman–Crippen MR) is 86.4 cm³/mol. The van der Waals surface area contributed by atoms with Gasteiger partial charge in [0.1, 0.15) is 0 Å². The number of hydrogen-bond acceptors (Lipinski definition) is 1. The molecule has 1 nitrogen and oxygen atoms in total. The molecular weight excluding hydrogens is 298 g/mol. The lowest BCUT2D eigenvalue weighted by Crippen LogP contribution is -2.29. The van der Waals surface area contributed by atoms with Crippen molar-refractivity contribution >= 4 is 15.9 Å². The van der Waals surface area contributed by atoms with Crippen LogP contribution in [0.2, 0.25) is 0 Å². The van der Waals surface area contributed by atoms with Gasteiger partial charge in [0.15, 0.2) is 0 Å². The van der Waals surface area contributed by atoms with Crippen molar-refractivity contribution in [1.82, 2.24) is 5.32 Å². The van der Waals surface area contributed by atoms with E-state index in [2.05, 4.69) is 52.4 Å². The van der Waals surface area contributed by atoms with E-state index in [0.717, 1.165) is 12.5 Å². The fourth-order valence-electron chi connectivity index (χ4n) is 3.20. The Morgan fingerprint density at radius 1 is 1.21 bits per heavy atom. The maximum Gasteiger partial charge on any atom is 0.0349 e. The van der Waals surface area contributed by atoms with Crippen LogP contribution in [0.15, 0.2) is 28.7 Å². The van der Waals surface area contributed by atoms with E-state index in [1.165, 1.54) is 55.0 Å². The largest absolute Gasteiger partial charge is 0.310 e. The van der Waals surface area contributed by atoms with E-state index in [1.807, 2.05) is 0 Å². The van der Waals surface area contributed by atoms with Gasteiger partial charge in [-0.05, 0) is 49.4 Å². The van der Waals surface area contributed by atoms with Gasteiger partial charge in [0.25, 0.3) is 0 Å². The molecule has 0 radical (unpaired) electrons. The summed E-state index contributed by atoms with van der Waals surface area (Å²) in [5.41, 5.74) is 1.45. The number of hydrogen-bond donors (Lipinski definition) is 1. The van der Waals surface area contributed by atoms with E-state index in [-0.39, 0.29) is 0 Å². The van der Waals surface area contributed by atoms with Crippen molar-refractivity contribution in [2.75, 3.05) is 6.54 Å². The molecule has 1 aliphatic rings. The summed E-state index contributed by atoms with van der Waals surface area (Å²) in [6.45, 7) is 3.37. The molecule has 1 aromatic carbocycles. The standard InChI is InChI=1S/C17H26BrN/c1-2-12-19-17(14-8-5-3-4-6-9-14)15-10-7-11-16(18)13-15/h7,10-11,13-14,17,19H,2-6,8-9,12H2,1H3. The molecule has 1 aromatic rings. The zero-order chi connectivity index (χ0) is 13.5. The lowest BCUT2D eigenvalue weighted by Gasteiger charge is -2.28. The van der Waals surface area contributed by atoms with Gasteiger partial charge in [-0.2, -0.15) is 0 Å². The summed E-state index contributed by atoms with van der Waals surface area (Å²) in [5, 5.41) is 3.79. The minimum atomic E-state index is 0.538. The van der Waals surface area contributed by atoms with Crippen LogP contribution in [0.4, 0.5) is 0 Å². The average molecular weight is 324 g/mol. The Kier molecular flexibility index (Phi) is 6.39. The maximum absolute atomic E-state index is 3.79. The van der Waals surface area contributed by atoms with Crippen LogP contribution < -0.4 is 5.32 Å². The second-order valence-electron chi connectivity index (χ2n) is 5.74. The molecular formula is C17H26BrN. The zero-order valence-corrected chi connectivity index (χ0v) is 13.6. The molecule has 19 heavy (non-hydrogen) atoms. The Hall–Kier alpha value is -0.340. The molecule has 1 saturated carbocycles. The predicted octanol–water partition coefficient (Wildman–Crippen LogP) is 5.46. The summed E-state index contributed by atoms with van der Waals surface area (Å²) in [6.07, 6.45) is 9.63. The molecule has 1 atom stereocenters. The fourth-order valence-corrected chi connectivity index (χ4v) is 3.62. The molecule has 0 bridgehead atoms. The van der Waals surface area contributed by atoms with Crippen LogP contribution in [0.5, 0.6) is 0 Å². The van der Waals surface area contributed by atoms with Crippen molar-refractivity contribution in [1.29, 1.82) is 0 Å². The quantitative estimate of drug-likeness (QED) is 0.709. The van der Waals surface area contributed by atoms with E-state index in [4.69, 9.17) is 0 Å². The number of rotatable bonds is 5. The Morgan fingerprint density at radius 3 is 2.58 bits per heavy atom. The monoisotopic (exact) mass is 323 g/mol. The van der Waals surface area contributed by atoms with Gasteiger partial charge in [0, 0.05) is 10.5 Å². The van der Waals surface area contributed by atoms with E-state index in [9.17, 15) is 0 Å². The molecule has 2 heteroatoms. The van der Waals surface area contributed by atoms with E-state index in [0.29, 0.717) is 6.04 Å². The molecule has 0 aromatic heterocycles. The number of nitrogens with one attached hydrogen (secondary N) is 1. The van der Waals surface area contributed by atoms with Gasteiger partial charge in [-0.3, -0.25) is 0 Å². The lowest BCUT2D eigenvalue weighted by atomic mass is 9.87. The van der Waals surface area contributed by atoms with Gasteiger partial charge in [0.2, 0.25) is 0 Å². The lowest BCUT2D eigenvalue weighted by molar-refractivity contribution is 0.325. The highest BCUT2D eigenvalue weighted by Gasteiger charge is 2.23. The Labute approximate surface area is 126 Å². The summed E-state index contributed by atoms with van der Waals surface area (Å²) in [7, 11) is 0. The van der Waals surface area contributed by atoms with Crippen molar-refractivity contribution in [3.05, 3.63) is 34.3 Å². The van der Waals surface area contributed by atoms with E-state index in [1.54, 1.807) is 0 Å². The minimum absolute atomic E-state index is 0.538. The van der Waals surface area contributed by atoms with Crippen LogP contribution in [-0.4, -0.2) is 6.54 Å². The Morgan fingerprint density at radius 2 is 1.95 bits per heavy atom. The fraction of sp³-hybridized carbons (Fsp3) is 0.647. The molecule has 106 valence electrons. The highest BCUT2D eigenvalue weighted by Crippen LogP contribution is 2.34. The molecule has 1 fully saturated rings. The third-order valence-corrected chi connectivity index (χ3v) is 4.69. The van der Waals surface area contributed by atoms with Gasteiger partial charge in [0.05, 0.1) is 0 Å². The smallest absolute Gasteiger partial charge is 0.0349 e. The molecule has 0 amide bonds. The molecule has 0 heterocycles. The third kappa shape index (κ3) is 4.61. The van der Waals surface area contributed by atoms with Gasteiger partial charge in [-0.15, -0.1) is 0 Å². The van der Waals surface area contributed by atoms with Crippen molar-refractivity contribution in [3.63, 3.8) is 0 Å². The normalized spacial score (nSPS) is 19.1. The van der Waals surface area contributed by atoms with E-state index < -0.39 is 0 Å². The molecule has 2 rings (SSSR count). The second kappa shape index (κ2) is 8.06. The van der Waals surface area contributed by atoms with Crippen molar-refractivity contribution < 1.29 is 0 Å². The highest BCUT2D eigenvalue weighted by atomic mass is 79.9. The van der Waals surface area contributed by atoms with Crippen LogP contribution in [0, 0.1) is 5.92 Å². The topological polar surface area (TPSA) is 12.0 Å². The summed E-state index contributed by atoms with van der Waals surface area (Å²) in [4.78, 5) is 0. The summed E-state index contributed by atoms with van der Waals surface area (Å²) in [6, 6.07) is 9.39. The van der Waals surface area contributed by atoms with Gasteiger partial charge in [-0.1, -0.05) is 60.7 Å². The van der Waals surface area contributed by atoms with Crippen LogP contribution in [0.1, 0.15) is 63.5 Å². The number of halogens is 1. The SMILES string of the molecule is CCCNC(c1cccc(Br)c1)C1CCCCCC1. The van der Waals surface area contributed by atoms with Crippen LogP contribution in [0.3, 0.4) is 0 Å². The van der Waals surface area contributed by atoms with Crippen LogP contribution >= 0.6 is 15.9 Å². The molecule has 0 spiro atoms. The van der Waals surface area contributed by atoms with Gasteiger partial charge < -0.3 is 5.32 Å². The van der Waals surface area contributed by atoms with Gasteiger partial charge >= 0.3 is 0 Å². The van der Waals surface area contributed by atoms with Crippen LogP contribution in [0.25, 0.3) is 0 Å². The molecule has 0 aliphatic heterocycles. The van der Waals surface area contributed by atoms with Gasteiger partial charge in [-0.25, -0.2) is 0 Å². The Bertz CT molecular complexity index is 369. The van der Waals surface area contributed by atoms with E-state index >= 15 is 0 Å². The summed E-state index contributed by atoms with van der Waals surface area (Å²) >= 11 is 3.61. The molecule has 1 aliphatic carbocycles. The highest BCUT2D eigenvalue weighted by molar-refractivity contribution is 9.10. The number of benzene rings is 1. The van der Waals surface area contributed by atoms with Crippen molar-refractivity contribution in [3.8, 4) is 0 Å². The first-order valence-electron chi connectivity index (χ1n) is 7.80. The average Bonchev–Trinajstić information content (AvgIpc) is 2.68. The third-order valence-electron chi connectivity index (χ3n) is 4.19. The first-order valence-corrected chi connectivity index (χ1v) is 8.59. The molecule has 1 N–H and O–H groups in total. The summed E-state index contributed by atoms with van der Waals surface area (Å²) < 4.78 is 1.20. The second-order valence-corrected chi connectivity index (χ2v) is 6.65. The zero-order valence-electron chi connectivity index (χ0n) is 12.0. The van der Waals surface area contributed by atoms with Crippen molar-refractivity contribution in [2.45, 2.75) is 57.9 Å². The summed E-state index contributed by atoms with van der Waals surface area (Å²) in [5.74, 6) is 0.809. The molecule has 0 saturated heterocycles. The molecule has 1 unspecified atom stereocenters. The van der Waals surface area contributed by atoms with Crippen LogP contribution in [-0.2, 0) is 0 Å².